The Hall–Kier alpha value is -0.720. The highest BCUT2D eigenvalue weighted by Crippen LogP contribution is 2.42. The van der Waals surface area contributed by atoms with Gasteiger partial charge in [0.25, 0.3) is 0 Å². The molecule has 6 heteroatoms. The summed E-state index contributed by atoms with van der Waals surface area (Å²) < 4.78 is 33.6. The molecule has 0 aliphatic carbocycles. The van der Waals surface area contributed by atoms with Crippen molar-refractivity contribution >= 4 is 21.8 Å². The van der Waals surface area contributed by atoms with Crippen LogP contribution in [0.3, 0.4) is 0 Å². The summed E-state index contributed by atoms with van der Waals surface area (Å²) in [5, 5.41) is 0.598. The van der Waals surface area contributed by atoms with Crippen LogP contribution in [0.4, 0.5) is 0 Å². The van der Waals surface area contributed by atoms with Crippen LogP contribution < -0.4 is 4.74 Å². The number of thioether (sulfide) groups is 1. The predicted molar refractivity (Wildman–Crippen MR) is 99.1 cm³/mol. The maximum absolute atomic E-state index is 13.1. The molecule has 3 rings (SSSR count). The number of hydrogen-bond donors (Lipinski definition) is 0. The van der Waals surface area contributed by atoms with E-state index in [0.29, 0.717) is 22.7 Å². The first kappa shape index (κ1) is 18.1. The highest BCUT2D eigenvalue weighted by Gasteiger charge is 2.46. The third-order valence-electron chi connectivity index (χ3n) is 4.94. The van der Waals surface area contributed by atoms with E-state index in [0.717, 1.165) is 31.4 Å². The number of rotatable bonds is 6. The molecule has 2 saturated heterocycles. The molecule has 2 heterocycles. The van der Waals surface area contributed by atoms with Crippen LogP contribution in [0.1, 0.15) is 39.5 Å². The second-order valence-corrected chi connectivity index (χ2v) is 10.2. The van der Waals surface area contributed by atoms with E-state index in [9.17, 15) is 8.42 Å². The minimum Gasteiger partial charge on any atom is -0.493 e. The molecule has 24 heavy (non-hydrogen) atoms. The summed E-state index contributed by atoms with van der Waals surface area (Å²) >= 11 is 1.87. The van der Waals surface area contributed by atoms with Gasteiger partial charge < -0.3 is 4.74 Å². The van der Waals surface area contributed by atoms with Crippen LogP contribution >= 0.6 is 11.8 Å². The van der Waals surface area contributed by atoms with Crippen molar-refractivity contribution in [1.29, 1.82) is 0 Å². The molecule has 0 spiro atoms. The summed E-state index contributed by atoms with van der Waals surface area (Å²) in [7, 11) is -3.41. The van der Waals surface area contributed by atoms with Crippen molar-refractivity contribution in [2.24, 2.45) is 5.92 Å². The van der Waals surface area contributed by atoms with Crippen LogP contribution in [0.15, 0.2) is 29.2 Å². The van der Waals surface area contributed by atoms with Crippen LogP contribution in [0.2, 0.25) is 0 Å². The van der Waals surface area contributed by atoms with Gasteiger partial charge in [-0.3, -0.25) is 0 Å². The molecule has 2 atom stereocenters. The zero-order valence-electron chi connectivity index (χ0n) is 14.6. The number of fused-ring (bicyclic) bond motifs is 2. The normalized spacial score (nSPS) is 27.6. The van der Waals surface area contributed by atoms with E-state index in [1.54, 1.807) is 28.6 Å². The third-order valence-corrected chi connectivity index (χ3v) is 8.01. The summed E-state index contributed by atoms with van der Waals surface area (Å²) in [6.07, 6.45) is 6.08. The summed E-state index contributed by atoms with van der Waals surface area (Å²) in [5.74, 6) is 1.17. The van der Waals surface area contributed by atoms with Gasteiger partial charge in [0.05, 0.1) is 11.5 Å². The van der Waals surface area contributed by atoms with E-state index < -0.39 is 10.0 Å². The Morgan fingerprint density at radius 2 is 1.75 bits per heavy atom. The van der Waals surface area contributed by atoms with Crippen LogP contribution in [0.25, 0.3) is 0 Å². The Morgan fingerprint density at radius 1 is 1.17 bits per heavy atom. The number of piperidine rings is 1. The van der Waals surface area contributed by atoms with Crippen molar-refractivity contribution in [2.45, 2.75) is 61.8 Å². The average Bonchev–Trinajstić information content (AvgIpc) is 2.85. The van der Waals surface area contributed by atoms with E-state index in [-0.39, 0.29) is 12.1 Å². The zero-order valence-corrected chi connectivity index (χ0v) is 16.3. The Morgan fingerprint density at radius 3 is 2.25 bits per heavy atom. The molecule has 1 aromatic carbocycles. The maximum atomic E-state index is 13.1. The summed E-state index contributed by atoms with van der Waals surface area (Å²) in [6.45, 7) is 4.82. The number of benzene rings is 1. The Labute approximate surface area is 150 Å². The topological polar surface area (TPSA) is 46.6 Å². The Balaban J connectivity index is 1.76. The van der Waals surface area contributed by atoms with Crippen LogP contribution in [0.5, 0.6) is 5.75 Å². The van der Waals surface area contributed by atoms with Crippen LogP contribution in [0, 0.1) is 5.92 Å². The van der Waals surface area contributed by atoms with Crippen molar-refractivity contribution in [3.63, 3.8) is 0 Å². The van der Waals surface area contributed by atoms with Crippen molar-refractivity contribution in [3.05, 3.63) is 24.3 Å². The van der Waals surface area contributed by atoms with Gasteiger partial charge in [-0.1, -0.05) is 13.8 Å². The SMILES string of the molecule is CSC1CC2CCC(C1)N2S(=O)(=O)c1ccc(OCC(C)C)cc1. The first-order valence-electron chi connectivity index (χ1n) is 8.71. The van der Waals surface area contributed by atoms with Gasteiger partial charge in [0.1, 0.15) is 5.75 Å². The van der Waals surface area contributed by atoms with E-state index in [2.05, 4.69) is 20.1 Å². The zero-order chi connectivity index (χ0) is 17.3. The Bertz CT molecular complexity index is 643. The lowest BCUT2D eigenvalue weighted by Crippen LogP contribution is -2.47. The molecular weight excluding hydrogens is 342 g/mol. The maximum Gasteiger partial charge on any atom is 0.243 e. The fraction of sp³-hybridized carbons (Fsp3) is 0.667. The van der Waals surface area contributed by atoms with Gasteiger partial charge in [-0.2, -0.15) is 16.1 Å². The fourth-order valence-corrected chi connectivity index (χ4v) is 6.48. The number of sulfonamides is 1. The molecule has 2 unspecified atom stereocenters. The predicted octanol–water partition coefficient (Wildman–Crippen LogP) is 3.77. The lowest BCUT2D eigenvalue weighted by molar-refractivity contribution is 0.253. The molecule has 0 saturated carbocycles. The Kier molecular flexibility index (Phi) is 5.47. The molecule has 2 aliphatic heterocycles. The molecule has 0 aromatic heterocycles. The van der Waals surface area contributed by atoms with Crippen LogP contribution in [-0.4, -0.2) is 42.9 Å². The van der Waals surface area contributed by atoms with E-state index in [1.165, 1.54) is 0 Å². The third kappa shape index (κ3) is 3.60. The minimum atomic E-state index is -3.41. The molecule has 0 amide bonds. The quantitative estimate of drug-likeness (QED) is 0.766. The molecular formula is C18H27NO3S2. The molecule has 4 nitrogen and oxygen atoms in total. The van der Waals surface area contributed by atoms with Crippen molar-refractivity contribution in [3.8, 4) is 5.75 Å². The van der Waals surface area contributed by atoms with Crippen molar-refractivity contribution in [1.82, 2.24) is 4.31 Å². The standard InChI is InChI=1S/C18H27NO3S2/c1-13(2)12-22-16-6-8-18(9-7-16)24(20,21)19-14-4-5-15(19)11-17(10-14)23-3/h6-9,13-15,17H,4-5,10-12H2,1-3H3. The van der Waals surface area contributed by atoms with Gasteiger partial charge >= 0.3 is 0 Å². The highest BCUT2D eigenvalue weighted by molar-refractivity contribution is 7.99. The summed E-state index contributed by atoms with van der Waals surface area (Å²) in [4.78, 5) is 0.388. The van der Waals surface area contributed by atoms with Gasteiger partial charge in [0, 0.05) is 17.3 Å². The summed E-state index contributed by atoms with van der Waals surface area (Å²) in [6, 6.07) is 7.25. The second-order valence-electron chi connectivity index (χ2n) is 7.23. The first-order valence-corrected chi connectivity index (χ1v) is 11.4. The molecule has 0 N–H and O–H groups in total. The van der Waals surface area contributed by atoms with Gasteiger partial charge in [0.2, 0.25) is 10.0 Å². The number of hydrogen-bond acceptors (Lipinski definition) is 4. The van der Waals surface area contributed by atoms with E-state index in [4.69, 9.17) is 4.74 Å². The summed E-state index contributed by atoms with van der Waals surface area (Å²) in [5.41, 5.74) is 0. The van der Waals surface area contributed by atoms with Crippen molar-refractivity contribution in [2.75, 3.05) is 12.9 Å². The molecule has 2 fully saturated rings. The second kappa shape index (κ2) is 7.26. The van der Waals surface area contributed by atoms with Gasteiger partial charge in [0.15, 0.2) is 0 Å². The van der Waals surface area contributed by atoms with Crippen molar-refractivity contribution < 1.29 is 13.2 Å². The first-order chi connectivity index (χ1) is 11.4. The number of ether oxygens (including phenoxy) is 1. The van der Waals surface area contributed by atoms with Crippen LogP contribution in [-0.2, 0) is 10.0 Å². The smallest absolute Gasteiger partial charge is 0.243 e. The highest BCUT2D eigenvalue weighted by atomic mass is 32.2. The molecule has 134 valence electrons. The molecule has 2 bridgehead atoms. The average molecular weight is 370 g/mol. The number of nitrogens with zero attached hydrogens (tertiary/aromatic N) is 1. The molecule has 0 radical (unpaired) electrons. The lowest BCUT2D eigenvalue weighted by Gasteiger charge is -2.37. The minimum absolute atomic E-state index is 0.170. The van der Waals surface area contributed by atoms with Gasteiger partial charge in [-0.25, -0.2) is 8.42 Å². The van der Waals surface area contributed by atoms with Gasteiger partial charge in [-0.15, -0.1) is 0 Å². The van der Waals surface area contributed by atoms with E-state index in [1.807, 2.05) is 11.8 Å². The largest absolute Gasteiger partial charge is 0.493 e. The van der Waals surface area contributed by atoms with Gasteiger partial charge in [-0.05, 0) is 62.1 Å². The van der Waals surface area contributed by atoms with E-state index >= 15 is 0 Å². The lowest BCUT2D eigenvalue weighted by atomic mass is 10.1. The fourth-order valence-electron chi connectivity index (χ4n) is 3.76. The molecule has 1 aromatic rings. The monoisotopic (exact) mass is 369 g/mol. The molecule has 2 aliphatic rings.